The number of amides is 3. The van der Waals surface area contributed by atoms with E-state index >= 15 is 9.59 Å². The molecular formula is C54H61Cl3N6O6. The Hall–Kier alpha value is -5.24. The van der Waals surface area contributed by atoms with Crippen LogP contribution in [0.2, 0.25) is 10.0 Å². The summed E-state index contributed by atoms with van der Waals surface area (Å²) in [7, 11) is 2.04. The van der Waals surface area contributed by atoms with E-state index in [1.807, 2.05) is 66.7 Å². The zero-order valence-electron chi connectivity index (χ0n) is 39.2. The number of piperidine rings is 1. The van der Waals surface area contributed by atoms with Crippen LogP contribution in [0, 0.1) is 11.8 Å². The van der Waals surface area contributed by atoms with E-state index in [1.54, 1.807) is 37.3 Å². The summed E-state index contributed by atoms with van der Waals surface area (Å²) in [6, 6.07) is 27.5. The SMILES string of the molecule is C[C@H]1C(=O)C[C@@H](CO)C(=O)N[C@@]2(Cc3ccc(Cl)cc3)CCCN(C2)C(=O)[C@H]([C@@H]2CCc3ccccc32)CC(=O)N1Cc1ccc(Cl)cc1Oc1ccc(-c2cnc(CN3CCCC3)n2C)cc1.Cl. The van der Waals surface area contributed by atoms with Gasteiger partial charge in [-0.3, -0.25) is 24.1 Å². The second-order valence-corrected chi connectivity index (χ2v) is 20.2. The van der Waals surface area contributed by atoms with E-state index < -0.39 is 35.9 Å². The number of likely N-dealkylation sites (tertiary alicyclic amines) is 1. The Morgan fingerprint density at radius 2 is 1.59 bits per heavy atom. The zero-order chi connectivity index (χ0) is 47.5. The number of fused-ring (bicyclic) bond motifs is 3. The Labute approximate surface area is 420 Å². The first kappa shape index (κ1) is 50.2. The Morgan fingerprint density at radius 1 is 0.855 bits per heavy atom. The second-order valence-electron chi connectivity index (χ2n) is 19.3. The van der Waals surface area contributed by atoms with Crippen molar-refractivity contribution >= 4 is 59.1 Å². The second kappa shape index (κ2) is 21.8. The lowest BCUT2D eigenvalue weighted by atomic mass is 9.79. The molecule has 2 bridgehead atoms. The Bertz CT molecular complexity index is 2650. The van der Waals surface area contributed by atoms with E-state index in [0.717, 1.165) is 59.8 Å². The van der Waals surface area contributed by atoms with Crippen molar-refractivity contribution < 1.29 is 29.0 Å². The number of aromatic nitrogens is 2. The number of ketones is 1. The number of nitrogens with one attached hydrogen (secondary N) is 1. The molecule has 1 aromatic heterocycles. The van der Waals surface area contributed by atoms with E-state index in [0.29, 0.717) is 59.3 Å². The molecule has 1 aliphatic carbocycles. The van der Waals surface area contributed by atoms with Crippen LogP contribution in [0.5, 0.6) is 11.5 Å². The van der Waals surface area contributed by atoms with E-state index in [2.05, 4.69) is 26.9 Å². The molecule has 4 aliphatic rings. The van der Waals surface area contributed by atoms with Gasteiger partial charge < -0.3 is 29.5 Å². The maximum Gasteiger partial charge on any atom is 0.226 e. The molecule has 3 aliphatic heterocycles. The topological polar surface area (TPSA) is 137 Å². The first-order chi connectivity index (χ1) is 32.9. The number of aliphatic hydroxyl groups excluding tert-OH is 1. The number of ether oxygens (including phenoxy) is 1. The van der Waals surface area contributed by atoms with Crippen molar-refractivity contribution in [1.82, 2.24) is 29.6 Å². The summed E-state index contributed by atoms with van der Waals surface area (Å²) in [5.74, 6) is -1.47. The van der Waals surface area contributed by atoms with Gasteiger partial charge in [0.2, 0.25) is 17.7 Å². The van der Waals surface area contributed by atoms with Crippen LogP contribution in [-0.2, 0) is 52.2 Å². The fourth-order valence-electron chi connectivity index (χ4n) is 10.9. The maximum absolute atomic E-state index is 15.3. The monoisotopic (exact) mass is 994 g/mol. The highest BCUT2D eigenvalue weighted by Gasteiger charge is 2.45. The molecule has 0 spiro atoms. The molecule has 4 aromatic carbocycles. The number of carbonyl (C=O) groups is 4. The first-order valence-corrected chi connectivity index (χ1v) is 24.8. The van der Waals surface area contributed by atoms with Gasteiger partial charge in [0.15, 0.2) is 5.78 Å². The number of aryl methyl sites for hydroxylation is 1. The summed E-state index contributed by atoms with van der Waals surface area (Å²) in [4.78, 5) is 69.8. The molecule has 15 heteroatoms. The quantitative estimate of drug-likeness (QED) is 0.134. The van der Waals surface area contributed by atoms with Crippen LogP contribution in [0.4, 0.5) is 0 Å². The van der Waals surface area contributed by atoms with Gasteiger partial charge in [0.05, 0.1) is 55.0 Å². The number of hydrogen-bond donors (Lipinski definition) is 2. The van der Waals surface area contributed by atoms with Crippen molar-refractivity contribution in [1.29, 1.82) is 0 Å². The average Bonchev–Trinajstić information content (AvgIpc) is 4.11. The number of rotatable bonds is 11. The van der Waals surface area contributed by atoms with Gasteiger partial charge in [-0.25, -0.2) is 4.98 Å². The van der Waals surface area contributed by atoms with Crippen molar-refractivity contribution in [3.05, 3.63) is 135 Å². The van der Waals surface area contributed by atoms with Crippen LogP contribution in [0.15, 0.2) is 97.2 Å². The van der Waals surface area contributed by atoms with E-state index in [-0.39, 0.29) is 61.9 Å². The van der Waals surface area contributed by atoms with E-state index in [9.17, 15) is 14.7 Å². The smallest absolute Gasteiger partial charge is 0.226 e. The average molecular weight is 996 g/mol. The van der Waals surface area contributed by atoms with Gasteiger partial charge in [-0.15, -0.1) is 12.4 Å². The third-order valence-corrected chi connectivity index (χ3v) is 15.3. The molecule has 69 heavy (non-hydrogen) atoms. The predicted octanol–water partition coefficient (Wildman–Crippen LogP) is 8.96. The zero-order valence-corrected chi connectivity index (χ0v) is 41.6. The van der Waals surface area contributed by atoms with Crippen LogP contribution in [0.1, 0.15) is 85.9 Å². The standard InChI is InChI=1S/C54H60Cl2N6O6.ClH/c1-35-48(64)26-40(33-63)52(66)58-54(29-36-10-16-41(55)17-11-36)22-7-25-61(34-54)53(67)46(45-21-15-37-8-3-4-9-44(37)45)28-51(65)62(35)31-39-12-18-42(56)27-49(39)68-43-19-13-38(14-20-43)47-30-57-50(59(47)2)32-60-23-5-6-24-60;/h3-4,8-14,16-20,27,30,35,40,45-46,63H,5-7,15,21-26,28-29,31-34H2,1-2H3,(H,58,66);1H/t35-,40-,45+,46-,54+;/m0./s1. The highest BCUT2D eigenvalue weighted by molar-refractivity contribution is 6.31. The number of aliphatic hydroxyl groups is 1. The number of nitrogens with zero attached hydrogens (tertiary/aromatic N) is 5. The van der Waals surface area contributed by atoms with Crippen molar-refractivity contribution in [3.8, 4) is 22.8 Å². The van der Waals surface area contributed by atoms with Gasteiger partial charge in [0.25, 0.3) is 0 Å². The van der Waals surface area contributed by atoms with Crippen LogP contribution >= 0.6 is 35.6 Å². The maximum atomic E-state index is 15.3. The summed E-state index contributed by atoms with van der Waals surface area (Å²) in [5.41, 5.74) is 4.83. The summed E-state index contributed by atoms with van der Waals surface area (Å²) in [6.45, 7) is 4.70. The van der Waals surface area contributed by atoms with Crippen LogP contribution in [0.25, 0.3) is 11.3 Å². The minimum absolute atomic E-state index is 0. The molecule has 4 heterocycles. The lowest BCUT2D eigenvalue weighted by molar-refractivity contribution is -0.148. The van der Waals surface area contributed by atoms with E-state index in [1.165, 1.54) is 17.7 Å². The molecular weight excluding hydrogens is 935 g/mol. The van der Waals surface area contributed by atoms with Gasteiger partial charge in [0, 0.05) is 54.2 Å². The largest absolute Gasteiger partial charge is 0.457 e. The molecule has 3 amide bonds. The third-order valence-electron chi connectivity index (χ3n) is 14.8. The lowest BCUT2D eigenvalue weighted by Crippen LogP contribution is -2.63. The first-order valence-electron chi connectivity index (χ1n) is 24.0. The van der Waals surface area contributed by atoms with Crippen molar-refractivity contribution in [2.75, 3.05) is 32.8 Å². The van der Waals surface area contributed by atoms with Gasteiger partial charge in [-0.05, 0) is 136 Å². The van der Waals surface area contributed by atoms with Gasteiger partial charge in [-0.2, -0.15) is 0 Å². The number of halogens is 3. The summed E-state index contributed by atoms with van der Waals surface area (Å²) < 4.78 is 8.66. The lowest BCUT2D eigenvalue weighted by Gasteiger charge is -2.46. The molecule has 5 atom stereocenters. The molecule has 0 radical (unpaired) electrons. The Morgan fingerprint density at radius 3 is 2.35 bits per heavy atom. The van der Waals surface area contributed by atoms with Crippen LogP contribution in [-0.4, -0.2) is 97.2 Å². The van der Waals surface area contributed by atoms with E-state index in [4.69, 9.17) is 32.9 Å². The molecule has 0 saturated carbocycles. The summed E-state index contributed by atoms with van der Waals surface area (Å²) in [5, 5.41) is 15.0. The minimum atomic E-state index is -1.08. The number of benzene rings is 4. The third kappa shape index (κ3) is 11.2. The summed E-state index contributed by atoms with van der Waals surface area (Å²) in [6.07, 6.45) is 6.99. The van der Waals surface area contributed by atoms with Gasteiger partial charge in [0.1, 0.15) is 17.3 Å². The molecule has 3 fully saturated rings. The van der Waals surface area contributed by atoms with Crippen molar-refractivity contribution in [3.63, 3.8) is 0 Å². The minimum Gasteiger partial charge on any atom is -0.457 e. The number of hydrogen-bond acceptors (Lipinski definition) is 8. The molecule has 12 nitrogen and oxygen atoms in total. The molecule has 3 saturated heterocycles. The molecule has 9 rings (SSSR count). The Kier molecular flexibility index (Phi) is 15.9. The number of Topliss-reactive ketones (excluding diaryl/α,β-unsaturated/α-hetero) is 1. The normalized spacial score (nSPS) is 23.6. The van der Waals surface area contributed by atoms with Gasteiger partial charge >= 0.3 is 0 Å². The number of carbonyl (C=O) groups excluding carboxylic acids is 4. The number of imidazole rings is 1. The fraction of sp³-hybridized carbons (Fsp3) is 0.426. The van der Waals surface area contributed by atoms with Gasteiger partial charge in [-0.1, -0.05) is 65.7 Å². The predicted molar refractivity (Wildman–Crippen MR) is 270 cm³/mol. The molecule has 2 N–H and O–H groups in total. The molecule has 0 unspecified atom stereocenters. The molecule has 364 valence electrons. The highest BCUT2D eigenvalue weighted by Crippen LogP contribution is 2.42. The molecule has 5 aromatic rings. The highest BCUT2D eigenvalue weighted by atomic mass is 35.5. The van der Waals surface area contributed by atoms with Crippen molar-refractivity contribution in [2.45, 2.75) is 95.3 Å². The fourth-order valence-corrected chi connectivity index (χ4v) is 11.2. The van der Waals surface area contributed by atoms with Crippen LogP contribution < -0.4 is 10.1 Å². The Balaban J connectivity index is 0.00000642. The summed E-state index contributed by atoms with van der Waals surface area (Å²) >= 11 is 12.9. The van der Waals surface area contributed by atoms with Crippen molar-refractivity contribution in [2.24, 2.45) is 18.9 Å². The van der Waals surface area contributed by atoms with Crippen LogP contribution in [0.3, 0.4) is 0 Å².